The lowest BCUT2D eigenvalue weighted by molar-refractivity contribution is -0.171. The predicted molar refractivity (Wildman–Crippen MR) is 164 cm³/mol. The highest BCUT2D eigenvalue weighted by atomic mass is 16.5. The van der Waals surface area contributed by atoms with Gasteiger partial charge in [0.1, 0.15) is 24.3 Å². The maximum atomic E-state index is 13.5. The summed E-state index contributed by atoms with van der Waals surface area (Å²) in [5.74, 6) is -3.29. The molecule has 2 unspecified atom stereocenters. The molecule has 6 N–H and O–H groups in total. The molecule has 0 aliphatic heterocycles. The second-order valence-corrected chi connectivity index (χ2v) is 11.1. The maximum absolute atomic E-state index is 13.5. The van der Waals surface area contributed by atoms with Crippen molar-refractivity contribution in [2.45, 2.75) is 77.4 Å². The van der Waals surface area contributed by atoms with Crippen LogP contribution in [-0.2, 0) is 41.9 Å². The molecule has 12 nitrogen and oxygen atoms in total. The van der Waals surface area contributed by atoms with Crippen LogP contribution >= 0.6 is 0 Å². The highest BCUT2D eigenvalue weighted by Crippen LogP contribution is 2.17. The average Bonchev–Trinajstić information content (AvgIpc) is 3.02. The van der Waals surface area contributed by atoms with Crippen LogP contribution in [0.5, 0.6) is 0 Å². The van der Waals surface area contributed by atoms with Crippen molar-refractivity contribution in [3.05, 3.63) is 71.8 Å². The van der Waals surface area contributed by atoms with E-state index >= 15 is 0 Å². The van der Waals surface area contributed by atoms with E-state index in [4.69, 9.17) is 9.47 Å². The largest absolute Gasteiger partial charge is 0.387 e. The number of aliphatic hydroxyl groups is 2. The monoisotopic (exact) mass is 614 g/mol. The predicted octanol–water partition coefficient (Wildman–Crippen LogP) is 0.653. The van der Waals surface area contributed by atoms with Gasteiger partial charge in [0.05, 0.1) is 13.2 Å². The molecule has 2 aromatic carbocycles. The Labute approximate surface area is 258 Å². The topological polar surface area (TPSA) is 175 Å². The average molecular weight is 615 g/mol. The molecule has 0 saturated carbocycles. The Morgan fingerprint density at radius 2 is 0.909 bits per heavy atom. The van der Waals surface area contributed by atoms with E-state index in [0.29, 0.717) is 11.1 Å². The first kappa shape index (κ1) is 36.4. The van der Waals surface area contributed by atoms with Crippen molar-refractivity contribution in [1.82, 2.24) is 21.3 Å². The van der Waals surface area contributed by atoms with Crippen molar-refractivity contribution < 1.29 is 38.9 Å². The van der Waals surface area contributed by atoms with Crippen molar-refractivity contribution in [2.24, 2.45) is 11.8 Å². The summed E-state index contributed by atoms with van der Waals surface area (Å²) in [7, 11) is 2.87. The molecule has 2 rings (SSSR count). The number of ether oxygens (including phenoxy) is 2. The van der Waals surface area contributed by atoms with Gasteiger partial charge in [-0.25, -0.2) is 0 Å². The molecule has 0 fully saturated rings. The quantitative estimate of drug-likeness (QED) is 0.151. The lowest BCUT2D eigenvalue weighted by atomic mass is 9.98. The van der Waals surface area contributed by atoms with Crippen molar-refractivity contribution in [1.29, 1.82) is 0 Å². The van der Waals surface area contributed by atoms with E-state index in [1.807, 2.05) is 0 Å². The summed E-state index contributed by atoms with van der Waals surface area (Å²) in [6, 6.07) is 15.8. The van der Waals surface area contributed by atoms with Crippen molar-refractivity contribution in [3.8, 4) is 0 Å². The Morgan fingerprint density at radius 1 is 0.591 bits per heavy atom. The number of hydrogen-bond donors (Lipinski definition) is 6. The first-order valence-electron chi connectivity index (χ1n) is 14.6. The molecule has 0 radical (unpaired) electrons. The summed E-state index contributed by atoms with van der Waals surface area (Å²) in [4.78, 5) is 52.0. The zero-order valence-corrected chi connectivity index (χ0v) is 26.2. The van der Waals surface area contributed by atoms with Crippen molar-refractivity contribution in [3.63, 3.8) is 0 Å². The number of carbonyl (C=O) groups excluding carboxylic acids is 4. The molecule has 0 saturated heterocycles. The zero-order chi connectivity index (χ0) is 32.8. The van der Waals surface area contributed by atoms with Gasteiger partial charge in [-0.15, -0.1) is 0 Å². The minimum Gasteiger partial charge on any atom is -0.387 e. The van der Waals surface area contributed by atoms with E-state index in [0.717, 1.165) is 0 Å². The summed E-state index contributed by atoms with van der Waals surface area (Å²) in [5.41, 5.74) is 1.36. The lowest BCUT2D eigenvalue weighted by Crippen LogP contribution is -2.60. The Hall–Kier alpha value is -3.84. The smallest absolute Gasteiger partial charge is 0.252 e. The third-order valence-corrected chi connectivity index (χ3v) is 7.02. The molecular weight excluding hydrogens is 568 g/mol. The number of rotatable bonds is 17. The van der Waals surface area contributed by atoms with Crippen LogP contribution in [0.4, 0.5) is 0 Å². The summed E-state index contributed by atoms with van der Waals surface area (Å²) in [5, 5.41) is 33.0. The fourth-order valence-corrected chi connectivity index (χ4v) is 4.39. The van der Waals surface area contributed by atoms with Crippen LogP contribution in [0.2, 0.25) is 0 Å². The fourth-order valence-electron chi connectivity index (χ4n) is 4.39. The van der Waals surface area contributed by atoms with Crippen LogP contribution in [0.25, 0.3) is 0 Å². The number of amides is 4. The van der Waals surface area contributed by atoms with E-state index < -0.39 is 60.1 Å². The third kappa shape index (κ3) is 10.7. The molecule has 242 valence electrons. The molecule has 44 heavy (non-hydrogen) atoms. The number of carbonyl (C=O) groups is 4. The van der Waals surface area contributed by atoms with Gasteiger partial charge in [-0.2, -0.15) is 0 Å². The normalized spacial score (nSPS) is 15.4. The van der Waals surface area contributed by atoms with Gasteiger partial charge in [-0.1, -0.05) is 88.4 Å². The zero-order valence-electron chi connectivity index (χ0n) is 26.2. The van der Waals surface area contributed by atoms with E-state index in [-0.39, 0.29) is 25.0 Å². The molecule has 0 bridgehead atoms. The Balaban J connectivity index is 2.42. The molecule has 4 amide bonds. The Morgan fingerprint density at radius 3 is 1.18 bits per heavy atom. The van der Waals surface area contributed by atoms with Gasteiger partial charge in [0, 0.05) is 14.1 Å². The van der Waals surface area contributed by atoms with Crippen molar-refractivity contribution in [2.75, 3.05) is 14.1 Å². The second-order valence-electron chi connectivity index (χ2n) is 11.1. The van der Waals surface area contributed by atoms with Gasteiger partial charge in [-0.3, -0.25) is 19.2 Å². The van der Waals surface area contributed by atoms with Crippen LogP contribution in [-0.4, -0.2) is 84.4 Å². The summed E-state index contributed by atoms with van der Waals surface area (Å²) < 4.78 is 11.7. The highest BCUT2D eigenvalue weighted by Gasteiger charge is 2.42. The van der Waals surface area contributed by atoms with Crippen LogP contribution in [0.1, 0.15) is 38.8 Å². The van der Waals surface area contributed by atoms with E-state index in [2.05, 4.69) is 21.3 Å². The lowest BCUT2D eigenvalue weighted by Gasteiger charge is -2.32. The number of hydrogen-bond acceptors (Lipinski definition) is 8. The third-order valence-electron chi connectivity index (χ3n) is 7.02. The van der Waals surface area contributed by atoms with E-state index in [1.165, 1.54) is 14.1 Å². The molecular formula is C32H46N4O8. The van der Waals surface area contributed by atoms with Crippen LogP contribution < -0.4 is 21.3 Å². The van der Waals surface area contributed by atoms with Crippen LogP contribution in [0.3, 0.4) is 0 Å². The number of benzene rings is 2. The Kier molecular flexibility index (Phi) is 14.9. The molecule has 12 heteroatoms. The highest BCUT2D eigenvalue weighted by molar-refractivity contribution is 5.91. The Bertz CT molecular complexity index is 1100. The molecule has 0 aliphatic rings. The molecule has 0 spiro atoms. The van der Waals surface area contributed by atoms with Crippen molar-refractivity contribution >= 4 is 23.6 Å². The standard InChI is InChI=1S/C32H46N4O8/c1-19(2)23(29(39)33-5)35-31(41)27(43-17-21-13-9-7-10-14-21)25(37)26(38)28(44-18-22-15-11-8-12-16-22)32(42)36-24(20(3)4)30(40)34-6/h7-16,19-20,23-28,37-38H,17-18H2,1-6H3,(H,33,39)(H,34,40)(H,35,41)(H,36,42)/t23-,24-,25?,26?,27+,28+/m0/s1. The van der Waals surface area contributed by atoms with E-state index in [9.17, 15) is 29.4 Å². The summed E-state index contributed by atoms with van der Waals surface area (Å²) >= 11 is 0. The van der Waals surface area contributed by atoms with Gasteiger partial charge in [0.25, 0.3) is 11.8 Å². The number of nitrogens with one attached hydrogen (secondary N) is 4. The molecule has 0 aromatic heterocycles. The maximum Gasteiger partial charge on any atom is 0.252 e. The molecule has 2 aromatic rings. The summed E-state index contributed by atoms with van der Waals surface area (Å²) in [6.45, 7) is 6.70. The van der Waals surface area contributed by atoms with Gasteiger partial charge in [-0.05, 0) is 23.0 Å². The fraction of sp³-hybridized carbons (Fsp3) is 0.500. The molecule has 0 aliphatic carbocycles. The first-order valence-corrected chi connectivity index (χ1v) is 14.6. The molecule has 6 atom stereocenters. The summed E-state index contributed by atoms with van der Waals surface area (Å²) in [6.07, 6.45) is -7.40. The van der Waals surface area contributed by atoms with Crippen LogP contribution in [0.15, 0.2) is 60.7 Å². The van der Waals surface area contributed by atoms with Gasteiger partial charge in [0.15, 0.2) is 12.2 Å². The van der Waals surface area contributed by atoms with E-state index in [1.54, 1.807) is 88.4 Å². The SMILES string of the molecule is CNC(=O)[C@@H](NC(=O)[C@H](OCc1ccccc1)C(O)C(O)[C@@H](OCc1ccccc1)C(=O)N[C@H](C(=O)NC)C(C)C)C(C)C. The first-order chi connectivity index (χ1) is 20.9. The van der Waals surface area contributed by atoms with Crippen LogP contribution in [0, 0.1) is 11.8 Å². The van der Waals surface area contributed by atoms with Gasteiger partial charge in [0.2, 0.25) is 11.8 Å². The number of aliphatic hydroxyl groups excluding tert-OH is 2. The minimum atomic E-state index is -1.99. The minimum absolute atomic E-state index is 0.122. The number of likely N-dealkylation sites (N-methyl/N-ethyl adjacent to an activating group) is 2. The van der Waals surface area contributed by atoms with Gasteiger partial charge < -0.3 is 41.0 Å². The van der Waals surface area contributed by atoms with Gasteiger partial charge >= 0.3 is 0 Å². The molecule has 0 heterocycles. The second kappa shape index (κ2) is 18.1.